The summed E-state index contributed by atoms with van der Waals surface area (Å²) in [7, 11) is 0. The number of alkyl halides is 3. The number of para-hydroxylation sites is 2. The van der Waals surface area contributed by atoms with E-state index in [4.69, 9.17) is 0 Å². The number of aromatic nitrogens is 2. The van der Waals surface area contributed by atoms with Crippen LogP contribution >= 0.6 is 0 Å². The molecule has 0 saturated carbocycles. The molecule has 7 heteroatoms. The molecule has 4 aromatic rings. The van der Waals surface area contributed by atoms with Crippen molar-refractivity contribution in [2.75, 3.05) is 6.54 Å². The number of fused-ring (bicyclic) bond motifs is 4. The monoisotopic (exact) mass is 413 g/mol. The molecule has 0 fully saturated rings. The zero-order chi connectivity index (χ0) is 21.3. The number of carbonyl (C=O) groups is 1. The molecule has 0 bridgehead atoms. The van der Waals surface area contributed by atoms with Crippen LogP contribution < -0.4 is 0 Å². The summed E-state index contributed by atoms with van der Waals surface area (Å²) in [6.45, 7) is 1.35. The fourth-order valence-electron chi connectivity index (χ4n) is 4.01. The Labute approximate surface area is 171 Å². The van der Waals surface area contributed by atoms with E-state index >= 15 is 0 Å². The third-order valence-electron chi connectivity index (χ3n) is 5.45. The fraction of sp³-hybridized carbons (Fsp3) is 0.261. The number of H-pyrrole nitrogens is 2. The van der Waals surface area contributed by atoms with Crippen molar-refractivity contribution in [3.05, 3.63) is 71.5 Å². The molecule has 1 aliphatic rings. The molecule has 0 amide bonds. The molecule has 0 spiro atoms. The van der Waals surface area contributed by atoms with Gasteiger partial charge in [-0.2, -0.15) is 13.2 Å². The zero-order valence-electron chi connectivity index (χ0n) is 16.5. The van der Waals surface area contributed by atoms with Gasteiger partial charge in [-0.1, -0.05) is 36.4 Å². The van der Waals surface area contributed by atoms with Crippen LogP contribution in [0.15, 0.2) is 54.6 Å². The van der Waals surface area contributed by atoms with Gasteiger partial charge in [0, 0.05) is 40.1 Å². The Balaban J connectivity index is 0.000000168. The first-order valence-electron chi connectivity index (χ1n) is 9.76. The van der Waals surface area contributed by atoms with Crippen LogP contribution in [0.2, 0.25) is 0 Å². The summed E-state index contributed by atoms with van der Waals surface area (Å²) >= 11 is 0. The summed E-state index contributed by atoms with van der Waals surface area (Å²) in [5.41, 5.74) is 4.74. The molecule has 2 aromatic heterocycles. The largest absolute Gasteiger partial charge is 0.401 e. The van der Waals surface area contributed by atoms with Gasteiger partial charge in [0.2, 0.25) is 0 Å². The minimum absolute atomic E-state index is 0.0895. The average molecular weight is 413 g/mol. The van der Waals surface area contributed by atoms with E-state index in [9.17, 15) is 18.0 Å². The number of hydrogen-bond acceptors (Lipinski definition) is 2. The average Bonchev–Trinajstić information content (AvgIpc) is 3.28. The van der Waals surface area contributed by atoms with Crippen molar-refractivity contribution in [2.45, 2.75) is 32.1 Å². The smallest absolute Gasteiger partial charge is 0.357 e. The van der Waals surface area contributed by atoms with Crippen LogP contribution in [0.25, 0.3) is 21.8 Å². The van der Waals surface area contributed by atoms with E-state index in [2.05, 4.69) is 9.97 Å². The predicted octanol–water partition coefficient (Wildman–Crippen LogP) is 5.46. The van der Waals surface area contributed by atoms with Crippen molar-refractivity contribution in [3.8, 4) is 0 Å². The van der Waals surface area contributed by atoms with Crippen molar-refractivity contribution in [2.24, 2.45) is 0 Å². The summed E-state index contributed by atoms with van der Waals surface area (Å²) in [4.78, 5) is 18.0. The first-order chi connectivity index (χ1) is 14.3. The predicted molar refractivity (Wildman–Crippen MR) is 112 cm³/mol. The van der Waals surface area contributed by atoms with Crippen LogP contribution in [0.3, 0.4) is 0 Å². The lowest BCUT2D eigenvalue weighted by atomic mass is 9.98. The van der Waals surface area contributed by atoms with Crippen LogP contribution in [-0.4, -0.2) is 39.9 Å². The lowest BCUT2D eigenvalue weighted by Gasteiger charge is -2.33. The van der Waals surface area contributed by atoms with Gasteiger partial charge in [-0.3, -0.25) is 9.69 Å². The lowest BCUT2D eigenvalue weighted by molar-refractivity contribution is -0.152. The van der Waals surface area contributed by atoms with Crippen molar-refractivity contribution in [1.29, 1.82) is 0 Å². The number of benzene rings is 2. The van der Waals surface area contributed by atoms with E-state index in [1.54, 1.807) is 0 Å². The van der Waals surface area contributed by atoms with E-state index in [1.807, 2.05) is 61.5 Å². The number of rotatable bonds is 2. The van der Waals surface area contributed by atoms with E-state index < -0.39 is 12.7 Å². The normalized spacial score (nSPS) is 16.9. The number of halogens is 3. The molecule has 30 heavy (non-hydrogen) atoms. The van der Waals surface area contributed by atoms with Gasteiger partial charge in [0.15, 0.2) is 6.29 Å². The first kappa shape index (κ1) is 20.2. The second kappa shape index (κ2) is 7.99. The highest BCUT2D eigenvalue weighted by Gasteiger charge is 2.35. The van der Waals surface area contributed by atoms with Crippen molar-refractivity contribution < 1.29 is 18.0 Å². The molecule has 4 nitrogen and oxygen atoms in total. The Kier molecular flexibility index (Phi) is 5.39. The zero-order valence-corrected chi connectivity index (χ0v) is 16.5. The summed E-state index contributed by atoms with van der Waals surface area (Å²) in [5.74, 6) is 0. The minimum atomic E-state index is -4.14. The Hall–Kier alpha value is -3.06. The van der Waals surface area contributed by atoms with Gasteiger partial charge in [-0.05, 0) is 37.1 Å². The minimum Gasteiger partial charge on any atom is -0.357 e. The summed E-state index contributed by atoms with van der Waals surface area (Å²) < 4.78 is 37.6. The molecule has 1 atom stereocenters. The lowest BCUT2D eigenvalue weighted by Crippen LogP contribution is -2.43. The van der Waals surface area contributed by atoms with Gasteiger partial charge in [-0.15, -0.1) is 0 Å². The molecule has 5 rings (SSSR count). The number of hydrogen-bond donors (Lipinski definition) is 2. The highest BCUT2D eigenvalue weighted by molar-refractivity contribution is 5.87. The highest BCUT2D eigenvalue weighted by Crippen LogP contribution is 2.31. The molecule has 0 radical (unpaired) electrons. The first-order valence-corrected chi connectivity index (χ1v) is 9.76. The quantitative estimate of drug-likeness (QED) is 0.429. The molecule has 3 heterocycles. The van der Waals surface area contributed by atoms with Gasteiger partial charge in [0.25, 0.3) is 0 Å². The molecule has 2 N–H and O–H groups in total. The molecule has 1 unspecified atom stereocenters. The standard InChI is InChI=1S/C14H15F3N2.C9H7NO/c1-9-6-11-10-4-2-3-5-12(10)18-13(11)7-19(9)8-14(15,16)17;11-6-8-5-7-3-1-2-4-9(7)10-8/h2-5,9,18H,6-8H2,1H3;1-6,10H. The third kappa shape index (κ3) is 4.26. The maximum absolute atomic E-state index is 12.5. The van der Waals surface area contributed by atoms with Crippen molar-refractivity contribution in [1.82, 2.24) is 14.9 Å². The van der Waals surface area contributed by atoms with Gasteiger partial charge in [-0.25, -0.2) is 0 Å². The number of aldehydes is 1. The molecule has 156 valence electrons. The van der Waals surface area contributed by atoms with Gasteiger partial charge >= 0.3 is 6.18 Å². The van der Waals surface area contributed by atoms with Crippen molar-refractivity contribution >= 4 is 28.1 Å². The van der Waals surface area contributed by atoms with Crippen LogP contribution in [0.5, 0.6) is 0 Å². The second-order valence-corrected chi connectivity index (χ2v) is 7.63. The molecular weight excluding hydrogens is 391 g/mol. The number of aromatic amines is 2. The van der Waals surface area contributed by atoms with Gasteiger partial charge < -0.3 is 9.97 Å². The Bertz CT molecular complexity index is 1140. The molecule has 0 saturated heterocycles. The number of carbonyl (C=O) groups excluding carboxylic acids is 1. The summed E-state index contributed by atoms with van der Waals surface area (Å²) in [6, 6.07) is 17.4. The Morgan fingerprint density at radius 2 is 1.77 bits per heavy atom. The highest BCUT2D eigenvalue weighted by atomic mass is 19.4. The second-order valence-electron chi connectivity index (χ2n) is 7.63. The van der Waals surface area contributed by atoms with E-state index in [-0.39, 0.29) is 6.04 Å². The van der Waals surface area contributed by atoms with Crippen LogP contribution in [0.4, 0.5) is 13.2 Å². The van der Waals surface area contributed by atoms with E-state index in [0.717, 1.165) is 33.8 Å². The van der Waals surface area contributed by atoms with Crippen LogP contribution in [0.1, 0.15) is 28.7 Å². The Morgan fingerprint density at radius 3 is 2.47 bits per heavy atom. The number of nitrogens with one attached hydrogen (secondary N) is 2. The molecule has 0 aliphatic carbocycles. The Morgan fingerprint density at radius 1 is 1.07 bits per heavy atom. The van der Waals surface area contributed by atoms with Gasteiger partial charge in [0.05, 0.1) is 12.2 Å². The third-order valence-corrected chi connectivity index (χ3v) is 5.45. The van der Waals surface area contributed by atoms with E-state index in [1.165, 1.54) is 10.5 Å². The maximum Gasteiger partial charge on any atom is 0.401 e. The summed E-state index contributed by atoms with van der Waals surface area (Å²) in [5, 5.41) is 2.21. The fourth-order valence-corrected chi connectivity index (χ4v) is 4.01. The van der Waals surface area contributed by atoms with E-state index in [0.29, 0.717) is 18.7 Å². The number of nitrogens with zero attached hydrogens (tertiary/aromatic N) is 1. The molecule has 2 aromatic carbocycles. The topological polar surface area (TPSA) is 51.9 Å². The summed E-state index contributed by atoms with van der Waals surface area (Å²) in [6.07, 6.45) is -2.66. The van der Waals surface area contributed by atoms with Gasteiger partial charge in [0.1, 0.15) is 0 Å². The van der Waals surface area contributed by atoms with Crippen LogP contribution in [0, 0.1) is 0 Å². The molecule has 1 aliphatic heterocycles. The SMILES string of the molecule is CC1Cc2c([nH]c3ccccc23)CN1CC(F)(F)F.O=Cc1cc2ccccc2[nH]1. The van der Waals surface area contributed by atoms with Crippen molar-refractivity contribution in [3.63, 3.8) is 0 Å². The molecular formula is C23H22F3N3O. The maximum atomic E-state index is 12.5. The van der Waals surface area contributed by atoms with Crippen LogP contribution in [-0.2, 0) is 13.0 Å².